The van der Waals surface area contributed by atoms with Gasteiger partial charge in [0.25, 0.3) is 0 Å². The molecule has 23 heavy (non-hydrogen) atoms. The molecule has 0 N–H and O–H groups in total. The monoisotopic (exact) mass is 332 g/mol. The van der Waals surface area contributed by atoms with Crippen molar-refractivity contribution in [2.45, 2.75) is 76.4 Å². The van der Waals surface area contributed by atoms with E-state index in [2.05, 4.69) is 6.92 Å². The number of hydrogen-bond donors (Lipinski definition) is 0. The third-order valence-electron chi connectivity index (χ3n) is 6.78. The maximum absolute atomic E-state index is 13.0. The highest BCUT2D eigenvalue weighted by Crippen LogP contribution is 2.41. The first-order chi connectivity index (χ1) is 11.2. The van der Waals surface area contributed by atoms with Crippen LogP contribution in [0.25, 0.3) is 0 Å². The highest BCUT2D eigenvalue weighted by atomic mass is 28.3. The lowest BCUT2D eigenvalue weighted by Gasteiger charge is -2.37. The van der Waals surface area contributed by atoms with Crippen LogP contribution in [0, 0.1) is 23.6 Å². The van der Waals surface area contributed by atoms with E-state index in [4.69, 9.17) is 0 Å². The molecular weight excluding hydrogens is 299 g/mol. The van der Waals surface area contributed by atoms with Crippen molar-refractivity contribution in [2.24, 2.45) is 17.8 Å². The molecule has 2 aliphatic rings. The average Bonchev–Trinajstić information content (AvgIpc) is 2.62. The van der Waals surface area contributed by atoms with Crippen LogP contribution in [0.4, 0.5) is 4.39 Å². The lowest BCUT2D eigenvalue weighted by molar-refractivity contribution is 0.189. The van der Waals surface area contributed by atoms with Crippen molar-refractivity contribution in [3.05, 3.63) is 35.6 Å². The Kier molecular flexibility index (Phi) is 6.33. The van der Waals surface area contributed by atoms with Crippen LogP contribution in [-0.4, -0.2) is 8.80 Å². The minimum atomic E-state index is -0.513. The SMILES string of the molecule is CCC1CCC(C2CC[SiH](CCc3ccc(F)cc3)CC2)CC1. The fourth-order valence-electron chi connectivity index (χ4n) is 5.04. The molecule has 0 nitrogen and oxygen atoms in total. The fraction of sp³-hybridized carbons (Fsp3) is 0.714. The van der Waals surface area contributed by atoms with Crippen LogP contribution in [0.1, 0.15) is 57.4 Å². The summed E-state index contributed by atoms with van der Waals surface area (Å²) in [4.78, 5) is 0. The van der Waals surface area contributed by atoms with Crippen molar-refractivity contribution < 1.29 is 4.39 Å². The molecule has 1 saturated carbocycles. The number of benzene rings is 1. The smallest absolute Gasteiger partial charge is 0.123 e. The second-order valence-electron chi connectivity index (χ2n) is 8.14. The molecule has 2 fully saturated rings. The molecule has 1 aromatic rings. The highest BCUT2D eigenvalue weighted by Gasteiger charge is 2.30. The standard InChI is InChI=1S/C21H33FSi/c1-2-17-3-7-19(8-4-17)20-12-15-23(16-13-20)14-11-18-5-9-21(22)10-6-18/h5-6,9-10,17,19-20,23H,2-4,7-8,11-16H2,1H3. The van der Waals surface area contributed by atoms with E-state index in [0.29, 0.717) is 0 Å². The molecule has 0 radical (unpaired) electrons. The third kappa shape index (κ3) is 4.92. The van der Waals surface area contributed by atoms with E-state index in [1.807, 2.05) is 12.1 Å². The Morgan fingerprint density at radius 3 is 2.13 bits per heavy atom. The van der Waals surface area contributed by atoms with Gasteiger partial charge in [-0.15, -0.1) is 0 Å². The Hall–Kier alpha value is -0.633. The first-order valence-electron chi connectivity index (χ1n) is 9.99. The number of aryl methyl sites for hydroxylation is 1. The number of rotatable bonds is 5. The Balaban J connectivity index is 1.38. The molecule has 1 aromatic carbocycles. The summed E-state index contributed by atoms with van der Waals surface area (Å²) in [5.74, 6) is 3.05. The molecule has 1 aliphatic carbocycles. The Morgan fingerprint density at radius 1 is 0.913 bits per heavy atom. The molecule has 0 amide bonds. The summed E-state index contributed by atoms with van der Waals surface area (Å²) in [7, 11) is -0.513. The molecule has 0 atom stereocenters. The van der Waals surface area contributed by atoms with Crippen LogP contribution in [0.15, 0.2) is 24.3 Å². The van der Waals surface area contributed by atoms with Crippen LogP contribution in [0.5, 0.6) is 0 Å². The summed E-state index contributed by atoms with van der Waals surface area (Å²) < 4.78 is 13.0. The second kappa shape index (κ2) is 8.46. The molecule has 1 heterocycles. The van der Waals surface area contributed by atoms with E-state index >= 15 is 0 Å². The molecule has 0 bridgehead atoms. The van der Waals surface area contributed by atoms with Gasteiger partial charge in [-0.05, 0) is 54.7 Å². The predicted molar refractivity (Wildman–Crippen MR) is 100 cm³/mol. The van der Waals surface area contributed by atoms with Crippen molar-refractivity contribution in [1.82, 2.24) is 0 Å². The molecule has 3 rings (SSSR count). The van der Waals surface area contributed by atoms with Gasteiger partial charge in [0, 0.05) is 8.80 Å². The first kappa shape index (κ1) is 17.2. The minimum absolute atomic E-state index is 0.107. The van der Waals surface area contributed by atoms with Gasteiger partial charge in [-0.1, -0.05) is 69.3 Å². The number of halogens is 1. The van der Waals surface area contributed by atoms with Crippen LogP contribution in [0.2, 0.25) is 18.1 Å². The Bertz CT molecular complexity index is 453. The number of hydrogen-bond acceptors (Lipinski definition) is 0. The molecule has 0 aromatic heterocycles. The average molecular weight is 333 g/mol. The lowest BCUT2D eigenvalue weighted by atomic mass is 9.73. The summed E-state index contributed by atoms with van der Waals surface area (Å²) in [6.07, 6.45) is 11.7. The summed E-state index contributed by atoms with van der Waals surface area (Å²) in [5, 5.41) is 0. The van der Waals surface area contributed by atoms with Crippen molar-refractivity contribution >= 4 is 8.80 Å². The molecule has 2 heteroatoms. The van der Waals surface area contributed by atoms with Gasteiger partial charge in [0.1, 0.15) is 5.82 Å². The van der Waals surface area contributed by atoms with E-state index in [-0.39, 0.29) is 5.82 Å². The zero-order valence-corrected chi connectivity index (χ0v) is 15.9. The van der Waals surface area contributed by atoms with Gasteiger partial charge < -0.3 is 0 Å². The van der Waals surface area contributed by atoms with Gasteiger partial charge in [-0.25, -0.2) is 4.39 Å². The van der Waals surface area contributed by atoms with Crippen molar-refractivity contribution in [2.75, 3.05) is 0 Å². The third-order valence-corrected chi connectivity index (χ3v) is 10.2. The summed E-state index contributed by atoms with van der Waals surface area (Å²) in [5.41, 5.74) is 1.33. The molecule has 0 spiro atoms. The molecule has 0 unspecified atom stereocenters. The maximum atomic E-state index is 13.0. The van der Waals surface area contributed by atoms with E-state index in [9.17, 15) is 4.39 Å². The van der Waals surface area contributed by atoms with Crippen LogP contribution in [0.3, 0.4) is 0 Å². The zero-order chi connectivity index (χ0) is 16.1. The van der Waals surface area contributed by atoms with Crippen LogP contribution < -0.4 is 0 Å². The zero-order valence-electron chi connectivity index (χ0n) is 14.8. The van der Waals surface area contributed by atoms with Crippen molar-refractivity contribution in [3.8, 4) is 0 Å². The van der Waals surface area contributed by atoms with Crippen LogP contribution >= 0.6 is 0 Å². The van der Waals surface area contributed by atoms with E-state index in [1.54, 1.807) is 24.2 Å². The second-order valence-corrected chi connectivity index (χ2v) is 11.6. The van der Waals surface area contributed by atoms with E-state index in [1.165, 1.54) is 63.0 Å². The van der Waals surface area contributed by atoms with Gasteiger partial charge >= 0.3 is 0 Å². The molecular formula is C21H33FSi. The topological polar surface area (TPSA) is 0 Å². The Labute approximate surface area is 143 Å². The minimum Gasteiger partial charge on any atom is -0.207 e. The van der Waals surface area contributed by atoms with E-state index in [0.717, 1.165) is 17.8 Å². The molecule has 1 aliphatic heterocycles. The molecule has 1 saturated heterocycles. The van der Waals surface area contributed by atoms with Crippen molar-refractivity contribution in [3.63, 3.8) is 0 Å². The normalized spacial score (nSPS) is 31.9. The quantitative estimate of drug-likeness (QED) is 0.561. The maximum Gasteiger partial charge on any atom is 0.123 e. The first-order valence-corrected chi connectivity index (χ1v) is 12.4. The Morgan fingerprint density at radius 2 is 1.52 bits per heavy atom. The summed E-state index contributed by atoms with van der Waals surface area (Å²) in [6.45, 7) is 2.36. The predicted octanol–water partition coefficient (Wildman–Crippen LogP) is 6.22. The van der Waals surface area contributed by atoms with Gasteiger partial charge in [0.15, 0.2) is 0 Å². The van der Waals surface area contributed by atoms with Gasteiger partial charge in [-0.3, -0.25) is 0 Å². The van der Waals surface area contributed by atoms with Gasteiger partial charge in [0.05, 0.1) is 0 Å². The lowest BCUT2D eigenvalue weighted by Crippen LogP contribution is -2.28. The fourth-order valence-corrected chi connectivity index (χ4v) is 8.44. The van der Waals surface area contributed by atoms with Gasteiger partial charge in [-0.2, -0.15) is 0 Å². The van der Waals surface area contributed by atoms with Gasteiger partial charge in [0.2, 0.25) is 0 Å². The van der Waals surface area contributed by atoms with E-state index < -0.39 is 8.80 Å². The van der Waals surface area contributed by atoms with Crippen molar-refractivity contribution in [1.29, 1.82) is 0 Å². The van der Waals surface area contributed by atoms with Crippen LogP contribution in [-0.2, 0) is 6.42 Å². The largest absolute Gasteiger partial charge is 0.207 e. The highest BCUT2D eigenvalue weighted by molar-refractivity contribution is 6.59. The summed E-state index contributed by atoms with van der Waals surface area (Å²) in [6, 6.07) is 11.7. The summed E-state index contributed by atoms with van der Waals surface area (Å²) >= 11 is 0. The molecule has 128 valence electrons.